The minimum Gasteiger partial charge on any atom is -0.354 e. The first-order valence-electron chi connectivity index (χ1n) is 29.8. The van der Waals surface area contributed by atoms with Gasteiger partial charge in [-0.2, -0.15) is 0 Å². The summed E-state index contributed by atoms with van der Waals surface area (Å²) in [6.45, 7) is 25.9. The van der Waals surface area contributed by atoms with Crippen molar-refractivity contribution in [1.29, 1.82) is 0 Å². The number of aromatic nitrogens is 4. The maximum atomic E-state index is 6.46. The first kappa shape index (κ1) is 61.0. The molecule has 0 amide bonds. The largest absolute Gasteiger partial charge is 0.354 e. The standard InChI is InChI=1S/C30H19ClN2.C24H15ClN2.C12H27P.C6H5Br.C5H12/c31-20-15-17-27-25(19-20)23-16-18-28-29(30(23)33(27)22-11-5-2-6-12-22)24-13-7-8-14-26(24)32(28)21-9-3-1-4-10-21;25-15-10-12-20-19(14-15)17-11-13-22-23(24(17)26-20)18-8-4-5-9-21(18)27(22)16-6-2-1-3-7-16;1-10(2,3)13(11(4,5)6)12(7,8)9;7-6-4-2-1-3-5-6;1-3-5-4-2/h1-19H;1-14,26H;1-9H3;1-5H;3-5H2,1-2H3. The van der Waals surface area contributed by atoms with Gasteiger partial charge in [-0.05, 0) is 125 Å². The van der Waals surface area contributed by atoms with Crippen LogP contribution < -0.4 is 0 Å². The summed E-state index contributed by atoms with van der Waals surface area (Å²) in [6.07, 6.45) is 4.08. The highest BCUT2D eigenvalue weighted by Crippen LogP contribution is 2.67. The highest BCUT2D eigenvalue weighted by atomic mass is 79.9. The minimum atomic E-state index is 0.0162. The molecule has 14 aromatic rings. The molecule has 8 heteroatoms. The van der Waals surface area contributed by atoms with E-state index in [9.17, 15) is 0 Å². The lowest BCUT2D eigenvalue weighted by molar-refractivity contribution is 0.644. The smallest absolute Gasteiger partial charge is 0.0641 e. The van der Waals surface area contributed by atoms with Crippen LogP contribution in [0.25, 0.3) is 104 Å². The summed E-state index contributed by atoms with van der Waals surface area (Å²) in [5, 5.41) is 12.6. The Hall–Kier alpha value is -7.11. The van der Waals surface area contributed by atoms with Gasteiger partial charge in [0.25, 0.3) is 0 Å². The van der Waals surface area contributed by atoms with Crippen molar-refractivity contribution in [2.45, 2.75) is 111 Å². The molecule has 4 aromatic heterocycles. The summed E-state index contributed by atoms with van der Waals surface area (Å²) in [6, 6.07) is 80.1. The molecule has 10 aromatic carbocycles. The molecule has 0 saturated heterocycles. The predicted molar refractivity (Wildman–Crippen MR) is 381 cm³/mol. The number of H-pyrrole nitrogens is 1. The highest BCUT2D eigenvalue weighted by Gasteiger charge is 2.41. The van der Waals surface area contributed by atoms with Crippen LogP contribution in [0.4, 0.5) is 0 Å². The molecule has 85 heavy (non-hydrogen) atoms. The van der Waals surface area contributed by atoms with Gasteiger partial charge in [0.1, 0.15) is 0 Å². The van der Waals surface area contributed by atoms with Crippen molar-refractivity contribution in [2.75, 3.05) is 0 Å². The van der Waals surface area contributed by atoms with E-state index in [1.54, 1.807) is 0 Å². The van der Waals surface area contributed by atoms with Crippen molar-refractivity contribution in [2.24, 2.45) is 0 Å². The third kappa shape index (κ3) is 12.9. The molecule has 0 bridgehead atoms. The van der Waals surface area contributed by atoms with Crippen LogP contribution in [-0.4, -0.2) is 34.2 Å². The van der Waals surface area contributed by atoms with Crippen LogP contribution in [0.5, 0.6) is 0 Å². The van der Waals surface area contributed by atoms with Crippen LogP contribution in [0.15, 0.2) is 235 Å². The quantitative estimate of drug-likeness (QED) is 0.167. The predicted octanol–water partition coefficient (Wildman–Crippen LogP) is 25.1. The number of hydrogen-bond acceptors (Lipinski definition) is 0. The number of rotatable bonds is 5. The number of fused-ring (bicyclic) bond motifs is 14. The second-order valence-corrected chi connectivity index (χ2v) is 31.2. The Morgan fingerprint density at radius 3 is 1.21 bits per heavy atom. The van der Waals surface area contributed by atoms with E-state index in [2.05, 4.69) is 293 Å². The van der Waals surface area contributed by atoms with Crippen LogP contribution in [0.1, 0.15) is 95.4 Å². The summed E-state index contributed by atoms with van der Waals surface area (Å²) in [4.78, 5) is 3.63. The SMILES string of the molecule is Brc1ccccc1.CC(C)(C)P(C(C)(C)C)C(C)(C)C.CCCCC.Clc1ccc2[nH]c3c(ccc4c3c3ccccc3n4-c3ccccc3)c2c1.Clc1ccc2c(c1)c1ccc3c(c4ccccc4n3-c3ccccc3)c1n2-c1ccccc1. The summed E-state index contributed by atoms with van der Waals surface area (Å²) >= 11 is 16.0. The van der Waals surface area contributed by atoms with Gasteiger partial charge in [0.05, 0.1) is 38.6 Å². The van der Waals surface area contributed by atoms with Crippen LogP contribution >= 0.6 is 47.1 Å². The summed E-state index contributed by atoms with van der Waals surface area (Å²) in [5.41, 5.74) is 12.9. The van der Waals surface area contributed by atoms with Gasteiger partial charge in [0.2, 0.25) is 0 Å². The van der Waals surface area contributed by atoms with E-state index < -0.39 is 0 Å². The summed E-state index contributed by atoms with van der Waals surface area (Å²) < 4.78 is 8.22. The molecule has 0 aliphatic heterocycles. The number of benzene rings is 10. The molecule has 4 nitrogen and oxygen atoms in total. The van der Waals surface area contributed by atoms with Crippen molar-refractivity contribution in [3.8, 4) is 17.1 Å². The van der Waals surface area contributed by atoms with E-state index in [0.29, 0.717) is 15.5 Å². The molecular formula is C77H78BrCl2N4P. The fraction of sp³-hybridized carbons (Fsp3) is 0.221. The first-order valence-corrected chi connectivity index (χ1v) is 32.6. The van der Waals surface area contributed by atoms with Crippen LogP contribution in [0.2, 0.25) is 10.0 Å². The van der Waals surface area contributed by atoms with Gasteiger partial charge < -0.3 is 18.7 Å². The number of hydrogen-bond donors (Lipinski definition) is 1. The molecule has 0 aliphatic carbocycles. The van der Waals surface area contributed by atoms with Gasteiger partial charge >= 0.3 is 0 Å². The topological polar surface area (TPSA) is 30.6 Å². The molecule has 432 valence electrons. The van der Waals surface area contributed by atoms with E-state index in [1.165, 1.54) is 90.2 Å². The van der Waals surface area contributed by atoms with Crippen molar-refractivity contribution >= 4 is 134 Å². The van der Waals surface area contributed by atoms with E-state index >= 15 is 0 Å². The van der Waals surface area contributed by atoms with Gasteiger partial charge in [-0.3, -0.25) is 0 Å². The van der Waals surface area contributed by atoms with Gasteiger partial charge in [-0.25, -0.2) is 0 Å². The Morgan fingerprint density at radius 2 is 0.765 bits per heavy atom. The number of unbranched alkanes of at least 4 members (excludes halogenated alkanes) is 2. The van der Waals surface area contributed by atoms with Gasteiger partial charge in [0.15, 0.2) is 0 Å². The maximum absolute atomic E-state index is 6.46. The zero-order valence-corrected chi connectivity index (χ0v) is 55.0. The molecule has 0 unspecified atom stereocenters. The number of aromatic amines is 1. The lowest BCUT2D eigenvalue weighted by Gasteiger charge is -2.49. The number of nitrogens with one attached hydrogen (secondary N) is 1. The summed E-state index contributed by atoms with van der Waals surface area (Å²) in [7, 11) is 0.0162. The molecular weight excluding hydrogens is 1160 g/mol. The van der Waals surface area contributed by atoms with Crippen LogP contribution in [0, 0.1) is 0 Å². The number of halogens is 3. The van der Waals surface area contributed by atoms with E-state index in [0.717, 1.165) is 47.8 Å². The lowest BCUT2D eigenvalue weighted by Crippen LogP contribution is -2.34. The van der Waals surface area contributed by atoms with Crippen LogP contribution in [-0.2, 0) is 0 Å². The molecule has 0 aliphatic rings. The van der Waals surface area contributed by atoms with Crippen molar-refractivity contribution < 1.29 is 0 Å². The Kier molecular flexibility index (Phi) is 18.5. The average Bonchev–Trinajstić information content (AvgIpc) is 3.77. The maximum Gasteiger partial charge on any atom is 0.0641 e. The zero-order chi connectivity index (χ0) is 60.2. The third-order valence-corrected chi connectivity index (χ3v) is 20.4. The van der Waals surface area contributed by atoms with Crippen LogP contribution in [0.3, 0.4) is 0 Å². The highest BCUT2D eigenvalue weighted by molar-refractivity contribution is 9.10. The Bertz CT molecular complexity index is 4520. The van der Waals surface area contributed by atoms with E-state index in [4.69, 9.17) is 23.2 Å². The van der Waals surface area contributed by atoms with Crippen molar-refractivity contribution in [3.63, 3.8) is 0 Å². The fourth-order valence-electron chi connectivity index (χ4n) is 13.3. The van der Waals surface area contributed by atoms with Gasteiger partial charge in [-0.15, -0.1) is 0 Å². The molecule has 0 fully saturated rings. The van der Waals surface area contributed by atoms with E-state index in [-0.39, 0.29) is 7.92 Å². The normalized spacial score (nSPS) is 11.9. The first-order chi connectivity index (χ1) is 40.8. The van der Waals surface area contributed by atoms with E-state index in [1.807, 2.05) is 48.5 Å². The minimum absolute atomic E-state index is 0.0162. The van der Waals surface area contributed by atoms with Crippen molar-refractivity contribution in [3.05, 3.63) is 245 Å². The molecule has 4 heterocycles. The molecule has 0 radical (unpaired) electrons. The fourth-order valence-corrected chi connectivity index (χ4v) is 20.0. The molecule has 0 saturated carbocycles. The number of para-hydroxylation sites is 5. The molecule has 14 rings (SSSR count). The molecule has 0 atom stereocenters. The number of nitrogens with zero attached hydrogens (tertiary/aromatic N) is 3. The Morgan fingerprint density at radius 1 is 0.376 bits per heavy atom. The third-order valence-electron chi connectivity index (χ3n) is 15.4. The average molecular weight is 1240 g/mol. The Balaban J connectivity index is 0.000000137. The summed E-state index contributed by atoms with van der Waals surface area (Å²) in [5.74, 6) is 0. The monoisotopic (exact) mass is 1240 g/mol. The molecule has 1 N–H and O–H groups in total. The zero-order valence-electron chi connectivity index (χ0n) is 51.0. The van der Waals surface area contributed by atoms with Gasteiger partial charge in [0, 0.05) is 80.2 Å². The lowest BCUT2D eigenvalue weighted by atomic mass is 10.1. The van der Waals surface area contributed by atoms with Gasteiger partial charge in [-0.1, -0.05) is 264 Å². The second-order valence-electron chi connectivity index (χ2n) is 24.8. The molecule has 0 spiro atoms. The second kappa shape index (κ2) is 25.8. The Labute approximate surface area is 522 Å². The van der Waals surface area contributed by atoms with Crippen molar-refractivity contribution in [1.82, 2.24) is 18.7 Å².